The standard InChI is InChI=1S/C12H18O6/c1-2-16-12(15)11(14)9-4-3-7(17-9)8-5-6-10(13)18-8/h7-9,11,14H,2-6H2,1H3/t7-,8-,9+,11-/m0/s1. The molecule has 0 unspecified atom stereocenters. The lowest BCUT2D eigenvalue weighted by molar-refractivity contribution is -0.165. The molecule has 0 aromatic carbocycles. The van der Waals surface area contributed by atoms with E-state index >= 15 is 0 Å². The highest BCUT2D eigenvalue weighted by molar-refractivity contribution is 5.75. The monoisotopic (exact) mass is 258 g/mol. The third-order valence-corrected chi connectivity index (χ3v) is 3.30. The van der Waals surface area contributed by atoms with Gasteiger partial charge in [-0.3, -0.25) is 4.79 Å². The average molecular weight is 258 g/mol. The zero-order valence-corrected chi connectivity index (χ0v) is 10.3. The molecule has 6 heteroatoms. The lowest BCUT2D eigenvalue weighted by Crippen LogP contribution is -2.37. The van der Waals surface area contributed by atoms with Crippen molar-refractivity contribution in [3.05, 3.63) is 0 Å². The Kier molecular flexibility index (Phi) is 4.19. The summed E-state index contributed by atoms with van der Waals surface area (Å²) < 4.78 is 15.5. The van der Waals surface area contributed by atoms with Crippen molar-refractivity contribution in [3.63, 3.8) is 0 Å². The zero-order chi connectivity index (χ0) is 13.1. The van der Waals surface area contributed by atoms with Gasteiger partial charge in [-0.05, 0) is 26.2 Å². The Morgan fingerprint density at radius 3 is 2.83 bits per heavy atom. The van der Waals surface area contributed by atoms with E-state index in [-0.39, 0.29) is 24.8 Å². The van der Waals surface area contributed by atoms with Crippen molar-refractivity contribution in [3.8, 4) is 0 Å². The molecule has 0 amide bonds. The first-order chi connectivity index (χ1) is 8.61. The molecule has 1 N–H and O–H groups in total. The molecule has 102 valence electrons. The van der Waals surface area contributed by atoms with E-state index in [1.165, 1.54) is 0 Å². The maximum atomic E-state index is 11.4. The van der Waals surface area contributed by atoms with Gasteiger partial charge in [-0.2, -0.15) is 0 Å². The number of carbonyl (C=O) groups is 2. The van der Waals surface area contributed by atoms with Crippen LogP contribution in [0.3, 0.4) is 0 Å². The van der Waals surface area contributed by atoms with Gasteiger partial charge in [0.25, 0.3) is 0 Å². The highest BCUT2D eigenvalue weighted by Crippen LogP contribution is 2.30. The van der Waals surface area contributed by atoms with Crippen molar-refractivity contribution in [1.29, 1.82) is 0 Å². The fourth-order valence-corrected chi connectivity index (χ4v) is 2.38. The molecular formula is C12H18O6. The highest BCUT2D eigenvalue weighted by Gasteiger charge is 2.41. The quantitative estimate of drug-likeness (QED) is 0.723. The van der Waals surface area contributed by atoms with Crippen LogP contribution >= 0.6 is 0 Å². The summed E-state index contributed by atoms with van der Waals surface area (Å²) in [5, 5.41) is 9.75. The van der Waals surface area contributed by atoms with Crippen LogP contribution in [-0.2, 0) is 23.8 Å². The second-order valence-electron chi connectivity index (χ2n) is 4.55. The summed E-state index contributed by atoms with van der Waals surface area (Å²) in [6, 6.07) is 0. The number of ether oxygens (including phenoxy) is 3. The Bertz CT molecular complexity index is 329. The van der Waals surface area contributed by atoms with Gasteiger partial charge < -0.3 is 19.3 Å². The van der Waals surface area contributed by atoms with Crippen LogP contribution in [0, 0.1) is 0 Å². The molecule has 0 aromatic rings. The molecule has 18 heavy (non-hydrogen) atoms. The summed E-state index contributed by atoms with van der Waals surface area (Å²) in [5.74, 6) is -0.871. The molecular weight excluding hydrogens is 240 g/mol. The number of esters is 2. The Morgan fingerprint density at radius 1 is 1.44 bits per heavy atom. The highest BCUT2D eigenvalue weighted by atomic mass is 16.6. The Hall–Kier alpha value is -1.14. The van der Waals surface area contributed by atoms with Crippen LogP contribution in [0.25, 0.3) is 0 Å². The summed E-state index contributed by atoms with van der Waals surface area (Å²) in [7, 11) is 0. The van der Waals surface area contributed by atoms with E-state index in [1.807, 2.05) is 0 Å². The Labute approximate surface area is 105 Å². The fourth-order valence-electron chi connectivity index (χ4n) is 2.38. The van der Waals surface area contributed by atoms with Gasteiger partial charge in [-0.15, -0.1) is 0 Å². The van der Waals surface area contributed by atoms with Crippen molar-refractivity contribution in [1.82, 2.24) is 0 Å². The molecule has 0 saturated carbocycles. The van der Waals surface area contributed by atoms with E-state index in [0.29, 0.717) is 25.7 Å². The third-order valence-electron chi connectivity index (χ3n) is 3.30. The number of aliphatic hydroxyl groups excluding tert-OH is 1. The second kappa shape index (κ2) is 5.67. The lowest BCUT2D eigenvalue weighted by Gasteiger charge is -2.20. The van der Waals surface area contributed by atoms with Crippen molar-refractivity contribution in [2.24, 2.45) is 0 Å². The average Bonchev–Trinajstić information content (AvgIpc) is 2.96. The summed E-state index contributed by atoms with van der Waals surface area (Å²) in [6.07, 6.45) is 0.0295. The minimum Gasteiger partial charge on any atom is -0.464 e. The predicted molar refractivity (Wildman–Crippen MR) is 59.6 cm³/mol. The van der Waals surface area contributed by atoms with Crippen molar-refractivity contribution in [2.45, 2.75) is 57.0 Å². The molecule has 0 aromatic heterocycles. The van der Waals surface area contributed by atoms with Gasteiger partial charge in [0.2, 0.25) is 0 Å². The number of hydrogen-bond acceptors (Lipinski definition) is 6. The molecule has 0 radical (unpaired) electrons. The number of hydrogen-bond donors (Lipinski definition) is 1. The molecule has 2 rings (SSSR count). The molecule has 2 heterocycles. The molecule has 4 atom stereocenters. The molecule has 6 nitrogen and oxygen atoms in total. The van der Waals surface area contributed by atoms with Gasteiger partial charge >= 0.3 is 11.9 Å². The first-order valence-electron chi connectivity index (χ1n) is 6.31. The number of cyclic esters (lactones) is 1. The van der Waals surface area contributed by atoms with Crippen LogP contribution in [0.2, 0.25) is 0 Å². The predicted octanol–water partition coefficient (Wildman–Crippen LogP) is 0.164. The van der Waals surface area contributed by atoms with E-state index in [0.717, 1.165) is 0 Å². The molecule has 0 bridgehead atoms. The van der Waals surface area contributed by atoms with Crippen LogP contribution in [0.15, 0.2) is 0 Å². The van der Waals surface area contributed by atoms with Gasteiger partial charge in [0.15, 0.2) is 6.10 Å². The summed E-state index contributed by atoms with van der Waals surface area (Å²) >= 11 is 0. The second-order valence-corrected chi connectivity index (χ2v) is 4.55. The van der Waals surface area contributed by atoms with Crippen molar-refractivity contribution >= 4 is 11.9 Å². The van der Waals surface area contributed by atoms with Gasteiger partial charge in [0, 0.05) is 6.42 Å². The Morgan fingerprint density at radius 2 is 2.22 bits per heavy atom. The van der Waals surface area contributed by atoms with E-state index in [9.17, 15) is 14.7 Å². The van der Waals surface area contributed by atoms with E-state index < -0.39 is 18.2 Å². The van der Waals surface area contributed by atoms with Crippen LogP contribution in [0.1, 0.15) is 32.6 Å². The maximum Gasteiger partial charge on any atom is 0.337 e. The smallest absolute Gasteiger partial charge is 0.337 e. The first kappa shape index (κ1) is 13.3. The first-order valence-corrected chi connectivity index (χ1v) is 6.31. The minimum absolute atomic E-state index is 0.210. The normalized spacial score (nSPS) is 33.2. The molecule has 2 saturated heterocycles. The topological polar surface area (TPSA) is 82.1 Å². The number of rotatable bonds is 4. The van der Waals surface area contributed by atoms with Crippen LogP contribution in [0.5, 0.6) is 0 Å². The van der Waals surface area contributed by atoms with Crippen molar-refractivity contribution < 1.29 is 28.9 Å². The van der Waals surface area contributed by atoms with Gasteiger partial charge in [0.1, 0.15) is 6.10 Å². The van der Waals surface area contributed by atoms with Gasteiger partial charge in [-0.1, -0.05) is 0 Å². The largest absolute Gasteiger partial charge is 0.464 e. The van der Waals surface area contributed by atoms with E-state index in [4.69, 9.17) is 14.2 Å². The zero-order valence-electron chi connectivity index (χ0n) is 10.3. The SMILES string of the molecule is CCOC(=O)[C@@H](O)[C@H]1CC[C@@H]([C@@H]2CCC(=O)O2)O1. The third kappa shape index (κ3) is 2.81. The maximum absolute atomic E-state index is 11.4. The van der Waals surface area contributed by atoms with Crippen molar-refractivity contribution in [2.75, 3.05) is 6.61 Å². The number of carbonyl (C=O) groups excluding carboxylic acids is 2. The lowest BCUT2D eigenvalue weighted by atomic mass is 10.1. The summed E-state index contributed by atoms with van der Waals surface area (Å²) in [6.45, 7) is 1.91. The molecule has 2 aliphatic rings. The van der Waals surface area contributed by atoms with Crippen LogP contribution in [0.4, 0.5) is 0 Å². The Balaban J connectivity index is 1.84. The summed E-state index contributed by atoms with van der Waals surface area (Å²) in [4.78, 5) is 22.4. The van der Waals surface area contributed by atoms with Crippen LogP contribution in [-0.4, -0.2) is 48.1 Å². The van der Waals surface area contributed by atoms with Gasteiger partial charge in [-0.25, -0.2) is 4.79 Å². The summed E-state index contributed by atoms with van der Waals surface area (Å²) in [5.41, 5.74) is 0. The molecule has 2 aliphatic heterocycles. The minimum atomic E-state index is -1.26. The molecule has 2 fully saturated rings. The molecule has 0 aliphatic carbocycles. The van der Waals surface area contributed by atoms with E-state index in [2.05, 4.69) is 0 Å². The number of aliphatic hydroxyl groups is 1. The van der Waals surface area contributed by atoms with E-state index in [1.54, 1.807) is 6.92 Å². The van der Waals surface area contributed by atoms with Gasteiger partial charge in [0.05, 0.1) is 18.8 Å². The fraction of sp³-hybridized carbons (Fsp3) is 0.833. The molecule has 0 spiro atoms. The van der Waals surface area contributed by atoms with Crippen LogP contribution < -0.4 is 0 Å².